The van der Waals surface area contributed by atoms with Crippen molar-refractivity contribution in [2.45, 2.75) is 18.9 Å². The van der Waals surface area contributed by atoms with Crippen LogP contribution in [-0.4, -0.2) is 44.2 Å². The zero-order chi connectivity index (χ0) is 14.7. The second kappa shape index (κ2) is 6.91. The Kier molecular flexibility index (Phi) is 5.46. The predicted molar refractivity (Wildman–Crippen MR) is 87.3 cm³/mol. The molecule has 1 fully saturated rings. The summed E-state index contributed by atoms with van der Waals surface area (Å²) in [6.45, 7) is 2.10. The van der Waals surface area contributed by atoms with E-state index in [9.17, 15) is 4.79 Å². The third-order valence-electron chi connectivity index (χ3n) is 3.43. The second-order valence-corrected chi connectivity index (χ2v) is 6.82. The van der Waals surface area contributed by atoms with Crippen LogP contribution in [0.25, 0.3) is 0 Å². The number of ether oxygens (including phenoxy) is 1. The molecule has 0 spiro atoms. The molecule has 0 radical (unpaired) electrons. The van der Waals surface area contributed by atoms with Crippen LogP contribution in [0.2, 0.25) is 0 Å². The quantitative estimate of drug-likeness (QED) is 0.781. The third kappa shape index (κ3) is 3.74. The Bertz CT molecular complexity index is 508. The van der Waals surface area contributed by atoms with Crippen LogP contribution in [0.3, 0.4) is 0 Å². The van der Waals surface area contributed by atoms with Gasteiger partial charge in [-0.25, -0.2) is 4.79 Å². The Hall–Kier alpha value is -0.590. The lowest BCUT2D eigenvalue weighted by Crippen LogP contribution is -2.40. The number of benzene rings is 1. The first-order valence-electron chi connectivity index (χ1n) is 6.53. The molecule has 6 heteroatoms. The zero-order valence-electron chi connectivity index (χ0n) is 11.6. The molecular weight excluding hydrogens is 388 g/mol. The summed E-state index contributed by atoms with van der Waals surface area (Å²) >= 11 is 6.93. The van der Waals surface area contributed by atoms with Crippen molar-refractivity contribution < 1.29 is 9.53 Å². The number of nitrogens with zero attached hydrogens (tertiary/aromatic N) is 1. The minimum atomic E-state index is -0.335. The van der Waals surface area contributed by atoms with Gasteiger partial charge in [0.15, 0.2) is 0 Å². The number of rotatable bonds is 3. The predicted octanol–water partition coefficient (Wildman–Crippen LogP) is 3.50. The van der Waals surface area contributed by atoms with E-state index in [0.717, 1.165) is 40.6 Å². The summed E-state index contributed by atoms with van der Waals surface area (Å²) in [4.78, 5) is 14.2. The van der Waals surface area contributed by atoms with Gasteiger partial charge in [0.05, 0.1) is 18.4 Å². The molecule has 1 aliphatic heterocycles. The average molecular weight is 406 g/mol. The molecule has 1 atom stereocenters. The fourth-order valence-corrected chi connectivity index (χ4v) is 3.82. The standard InChI is InChI=1S/C14H18Br2N2O2/c1-18-5-3-4-10(8-18)17-13-11(14(19)20-2)6-9(15)7-12(13)16/h6-7,10,17H,3-5,8H2,1-2H3. The number of likely N-dealkylation sites (tertiary alicyclic amines) is 1. The molecule has 1 heterocycles. The molecule has 0 aromatic heterocycles. The topological polar surface area (TPSA) is 41.6 Å². The van der Waals surface area contributed by atoms with Crippen molar-refractivity contribution in [1.82, 2.24) is 4.90 Å². The van der Waals surface area contributed by atoms with E-state index in [2.05, 4.69) is 49.1 Å². The normalized spacial score (nSPS) is 19.7. The van der Waals surface area contributed by atoms with Gasteiger partial charge in [0.2, 0.25) is 0 Å². The average Bonchev–Trinajstić information content (AvgIpc) is 2.40. The highest BCUT2D eigenvalue weighted by Gasteiger charge is 2.22. The Morgan fingerprint density at radius 3 is 2.85 bits per heavy atom. The highest BCUT2D eigenvalue weighted by Crippen LogP contribution is 2.32. The van der Waals surface area contributed by atoms with E-state index in [4.69, 9.17) is 4.74 Å². The monoisotopic (exact) mass is 404 g/mol. The van der Waals surface area contributed by atoms with Crippen LogP contribution in [-0.2, 0) is 4.74 Å². The van der Waals surface area contributed by atoms with Crippen molar-refractivity contribution in [3.8, 4) is 0 Å². The van der Waals surface area contributed by atoms with Crippen LogP contribution in [0.4, 0.5) is 5.69 Å². The number of anilines is 1. The van der Waals surface area contributed by atoms with E-state index in [1.54, 1.807) is 6.07 Å². The molecular formula is C14H18Br2N2O2. The maximum atomic E-state index is 11.9. The first kappa shape index (κ1) is 15.8. The van der Waals surface area contributed by atoms with Crippen LogP contribution < -0.4 is 5.32 Å². The molecule has 0 bridgehead atoms. The van der Waals surface area contributed by atoms with Crippen molar-refractivity contribution in [2.75, 3.05) is 32.6 Å². The van der Waals surface area contributed by atoms with Gasteiger partial charge in [0.25, 0.3) is 0 Å². The van der Waals surface area contributed by atoms with E-state index in [-0.39, 0.29) is 5.97 Å². The number of esters is 1. The number of likely N-dealkylation sites (N-methyl/N-ethyl adjacent to an activating group) is 1. The van der Waals surface area contributed by atoms with Gasteiger partial charge in [-0.15, -0.1) is 0 Å². The van der Waals surface area contributed by atoms with Crippen LogP contribution in [0.5, 0.6) is 0 Å². The number of nitrogens with one attached hydrogen (secondary N) is 1. The van der Waals surface area contributed by atoms with Crippen LogP contribution >= 0.6 is 31.9 Å². The van der Waals surface area contributed by atoms with Gasteiger partial charge >= 0.3 is 5.97 Å². The van der Waals surface area contributed by atoms with Crippen LogP contribution in [0, 0.1) is 0 Å². The number of carbonyl (C=O) groups is 1. The van der Waals surface area contributed by atoms with Crippen molar-refractivity contribution in [3.63, 3.8) is 0 Å². The summed E-state index contributed by atoms with van der Waals surface area (Å²) in [5.41, 5.74) is 1.35. The largest absolute Gasteiger partial charge is 0.465 e. The maximum absolute atomic E-state index is 11.9. The Morgan fingerprint density at radius 2 is 2.20 bits per heavy atom. The third-order valence-corrected chi connectivity index (χ3v) is 4.52. The van der Waals surface area contributed by atoms with Crippen molar-refractivity contribution in [3.05, 3.63) is 26.6 Å². The molecule has 0 amide bonds. The molecule has 1 N–H and O–H groups in total. The summed E-state index contributed by atoms with van der Waals surface area (Å²) in [5.74, 6) is -0.335. The molecule has 1 aromatic rings. The fourth-order valence-electron chi connectivity index (χ4n) is 2.48. The Morgan fingerprint density at radius 1 is 1.45 bits per heavy atom. The highest BCUT2D eigenvalue weighted by molar-refractivity contribution is 9.11. The molecule has 0 aliphatic carbocycles. The van der Waals surface area contributed by atoms with Gasteiger partial charge in [-0.05, 0) is 54.5 Å². The smallest absolute Gasteiger partial charge is 0.340 e. The summed E-state index contributed by atoms with van der Waals surface area (Å²) in [7, 11) is 3.51. The number of hydrogen-bond donors (Lipinski definition) is 1. The molecule has 1 aliphatic rings. The molecule has 1 unspecified atom stereocenters. The zero-order valence-corrected chi connectivity index (χ0v) is 14.8. The molecule has 1 saturated heterocycles. The number of carbonyl (C=O) groups excluding carboxylic acids is 1. The van der Waals surface area contributed by atoms with Gasteiger partial charge in [-0.1, -0.05) is 15.9 Å². The maximum Gasteiger partial charge on any atom is 0.340 e. The molecule has 0 saturated carbocycles. The molecule has 110 valence electrons. The van der Waals surface area contributed by atoms with Crippen LogP contribution in [0.15, 0.2) is 21.1 Å². The summed E-state index contributed by atoms with van der Waals surface area (Å²) in [6, 6.07) is 4.06. The molecule has 2 rings (SSSR count). The number of hydrogen-bond acceptors (Lipinski definition) is 4. The van der Waals surface area contributed by atoms with Gasteiger partial charge in [0, 0.05) is 21.5 Å². The number of halogens is 2. The SMILES string of the molecule is COC(=O)c1cc(Br)cc(Br)c1NC1CCCN(C)C1. The number of piperidine rings is 1. The minimum Gasteiger partial charge on any atom is -0.465 e. The first-order valence-corrected chi connectivity index (χ1v) is 8.12. The van der Waals surface area contributed by atoms with Gasteiger partial charge in [-0.3, -0.25) is 0 Å². The summed E-state index contributed by atoms with van der Waals surface area (Å²) in [5, 5.41) is 3.48. The van der Waals surface area contributed by atoms with Gasteiger partial charge in [-0.2, -0.15) is 0 Å². The lowest BCUT2D eigenvalue weighted by Gasteiger charge is -2.31. The van der Waals surface area contributed by atoms with Crippen LogP contribution in [0.1, 0.15) is 23.2 Å². The summed E-state index contributed by atoms with van der Waals surface area (Å²) in [6.07, 6.45) is 2.27. The van der Waals surface area contributed by atoms with E-state index in [0.29, 0.717) is 11.6 Å². The van der Waals surface area contributed by atoms with Crippen molar-refractivity contribution in [2.24, 2.45) is 0 Å². The Balaban J connectivity index is 2.27. The van der Waals surface area contributed by atoms with Gasteiger partial charge < -0.3 is 15.0 Å². The lowest BCUT2D eigenvalue weighted by molar-refractivity contribution is 0.0601. The van der Waals surface area contributed by atoms with E-state index >= 15 is 0 Å². The summed E-state index contributed by atoms with van der Waals surface area (Å²) < 4.78 is 6.57. The lowest BCUT2D eigenvalue weighted by atomic mass is 10.0. The van der Waals surface area contributed by atoms with E-state index in [1.165, 1.54) is 7.11 Å². The molecule has 20 heavy (non-hydrogen) atoms. The van der Waals surface area contributed by atoms with E-state index in [1.807, 2.05) is 6.07 Å². The highest BCUT2D eigenvalue weighted by atomic mass is 79.9. The van der Waals surface area contributed by atoms with Crippen molar-refractivity contribution >= 4 is 43.5 Å². The number of methoxy groups -OCH3 is 1. The molecule has 1 aromatic carbocycles. The Labute approximate surface area is 136 Å². The molecule has 4 nitrogen and oxygen atoms in total. The van der Waals surface area contributed by atoms with E-state index < -0.39 is 0 Å². The fraction of sp³-hybridized carbons (Fsp3) is 0.500. The van der Waals surface area contributed by atoms with Gasteiger partial charge in [0.1, 0.15) is 0 Å². The second-order valence-electron chi connectivity index (χ2n) is 5.05. The van der Waals surface area contributed by atoms with Crippen molar-refractivity contribution in [1.29, 1.82) is 0 Å². The minimum absolute atomic E-state index is 0.335. The first-order chi connectivity index (χ1) is 9.51.